The second-order valence-corrected chi connectivity index (χ2v) is 4.91. The van der Waals surface area contributed by atoms with E-state index in [1.807, 2.05) is 4.68 Å². The number of aromatic nitrogens is 4. The van der Waals surface area contributed by atoms with E-state index in [0.29, 0.717) is 5.25 Å². The molecule has 1 aliphatic rings. The number of ether oxygens (including phenoxy) is 1. The maximum absolute atomic E-state index is 5.33. The van der Waals surface area contributed by atoms with Crippen LogP contribution in [-0.2, 0) is 11.3 Å². The molecule has 1 N–H and O–H groups in total. The standard InChI is InChI=1S/C9H17N5OS/c1-2-10-4-5-14-9(11-12-13-14)16-8-3-6-15-7-8/h8,10H,2-7H2,1H3. The van der Waals surface area contributed by atoms with E-state index < -0.39 is 0 Å². The average molecular weight is 243 g/mol. The van der Waals surface area contributed by atoms with Gasteiger partial charge in [-0.2, -0.15) is 0 Å². The highest BCUT2D eigenvalue weighted by atomic mass is 32.2. The molecule has 90 valence electrons. The lowest BCUT2D eigenvalue weighted by Crippen LogP contribution is -2.20. The maximum Gasteiger partial charge on any atom is 0.209 e. The Morgan fingerprint density at radius 1 is 1.62 bits per heavy atom. The summed E-state index contributed by atoms with van der Waals surface area (Å²) in [4.78, 5) is 0. The maximum atomic E-state index is 5.33. The van der Waals surface area contributed by atoms with Gasteiger partial charge in [-0.15, -0.1) is 5.10 Å². The highest BCUT2D eigenvalue weighted by Crippen LogP contribution is 2.26. The first-order valence-electron chi connectivity index (χ1n) is 5.61. The molecule has 0 aliphatic carbocycles. The quantitative estimate of drug-likeness (QED) is 0.718. The van der Waals surface area contributed by atoms with Gasteiger partial charge in [-0.3, -0.25) is 0 Å². The molecule has 7 heteroatoms. The Hall–Kier alpha value is -0.660. The molecule has 1 aliphatic heterocycles. The molecular weight excluding hydrogens is 226 g/mol. The molecule has 2 heterocycles. The molecule has 0 aromatic carbocycles. The van der Waals surface area contributed by atoms with Gasteiger partial charge in [0.25, 0.3) is 0 Å². The lowest BCUT2D eigenvalue weighted by molar-refractivity contribution is 0.199. The number of nitrogens with zero attached hydrogens (tertiary/aromatic N) is 4. The van der Waals surface area contributed by atoms with E-state index in [2.05, 4.69) is 27.8 Å². The van der Waals surface area contributed by atoms with Gasteiger partial charge in [0.15, 0.2) is 0 Å². The number of tetrazole rings is 1. The second-order valence-electron chi connectivity index (χ2n) is 3.64. The van der Waals surface area contributed by atoms with Gasteiger partial charge in [0.1, 0.15) is 0 Å². The van der Waals surface area contributed by atoms with E-state index in [1.54, 1.807) is 11.8 Å². The summed E-state index contributed by atoms with van der Waals surface area (Å²) in [6.07, 6.45) is 1.09. The summed E-state index contributed by atoms with van der Waals surface area (Å²) >= 11 is 1.72. The van der Waals surface area contributed by atoms with Crippen molar-refractivity contribution in [2.24, 2.45) is 0 Å². The fourth-order valence-corrected chi connectivity index (χ4v) is 2.55. The van der Waals surface area contributed by atoms with Crippen molar-refractivity contribution in [2.75, 3.05) is 26.3 Å². The Kier molecular flexibility index (Phi) is 4.55. The van der Waals surface area contributed by atoms with Crippen molar-refractivity contribution < 1.29 is 4.74 Å². The lowest BCUT2D eigenvalue weighted by atomic mass is 10.4. The molecule has 1 aromatic rings. The van der Waals surface area contributed by atoms with E-state index >= 15 is 0 Å². The average Bonchev–Trinajstić information content (AvgIpc) is 2.92. The summed E-state index contributed by atoms with van der Waals surface area (Å²) in [5, 5.41) is 16.4. The first-order valence-corrected chi connectivity index (χ1v) is 6.49. The van der Waals surface area contributed by atoms with Crippen LogP contribution in [0.5, 0.6) is 0 Å². The van der Waals surface area contributed by atoms with Crippen molar-refractivity contribution in [1.29, 1.82) is 0 Å². The van der Waals surface area contributed by atoms with Gasteiger partial charge in [-0.25, -0.2) is 4.68 Å². The third kappa shape index (κ3) is 3.16. The van der Waals surface area contributed by atoms with Crippen molar-refractivity contribution in [3.63, 3.8) is 0 Å². The van der Waals surface area contributed by atoms with Crippen LogP contribution in [0.3, 0.4) is 0 Å². The van der Waals surface area contributed by atoms with Crippen LogP contribution in [-0.4, -0.2) is 51.8 Å². The van der Waals surface area contributed by atoms with Gasteiger partial charge in [-0.1, -0.05) is 18.7 Å². The number of thioether (sulfide) groups is 1. The van der Waals surface area contributed by atoms with Crippen LogP contribution < -0.4 is 5.32 Å². The molecule has 0 radical (unpaired) electrons. The topological polar surface area (TPSA) is 64.9 Å². The molecule has 1 unspecified atom stereocenters. The number of likely N-dealkylation sites (N-methyl/N-ethyl adjacent to an activating group) is 1. The predicted octanol–water partition coefficient (Wildman–Crippen LogP) is 0.164. The Morgan fingerprint density at radius 2 is 2.56 bits per heavy atom. The van der Waals surface area contributed by atoms with Gasteiger partial charge in [0, 0.05) is 18.4 Å². The molecule has 0 spiro atoms. The minimum atomic E-state index is 0.504. The minimum absolute atomic E-state index is 0.504. The smallest absolute Gasteiger partial charge is 0.209 e. The summed E-state index contributed by atoms with van der Waals surface area (Å²) in [6.45, 7) is 6.44. The number of hydrogen-bond donors (Lipinski definition) is 1. The van der Waals surface area contributed by atoms with Gasteiger partial charge in [0.05, 0.1) is 13.2 Å². The van der Waals surface area contributed by atoms with Crippen LogP contribution in [0.15, 0.2) is 5.16 Å². The second kappa shape index (κ2) is 6.17. The zero-order valence-electron chi connectivity index (χ0n) is 9.43. The highest BCUT2D eigenvalue weighted by Gasteiger charge is 2.20. The Labute approximate surface area is 99.1 Å². The Bertz CT molecular complexity index is 313. The molecule has 16 heavy (non-hydrogen) atoms. The van der Waals surface area contributed by atoms with Crippen LogP contribution >= 0.6 is 11.8 Å². The molecule has 0 amide bonds. The number of rotatable bonds is 6. The molecule has 1 atom stereocenters. The predicted molar refractivity (Wildman–Crippen MR) is 61.4 cm³/mol. The monoisotopic (exact) mass is 243 g/mol. The largest absolute Gasteiger partial charge is 0.380 e. The number of hydrogen-bond acceptors (Lipinski definition) is 6. The van der Waals surface area contributed by atoms with Crippen LogP contribution in [0.2, 0.25) is 0 Å². The van der Waals surface area contributed by atoms with E-state index in [9.17, 15) is 0 Å². The van der Waals surface area contributed by atoms with Gasteiger partial charge < -0.3 is 10.1 Å². The van der Waals surface area contributed by atoms with E-state index in [0.717, 1.165) is 44.4 Å². The summed E-state index contributed by atoms with van der Waals surface area (Å²) < 4.78 is 7.19. The Morgan fingerprint density at radius 3 is 3.31 bits per heavy atom. The molecule has 1 fully saturated rings. The third-order valence-corrected chi connectivity index (χ3v) is 3.62. The molecular formula is C9H17N5OS. The van der Waals surface area contributed by atoms with Gasteiger partial charge >= 0.3 is 0 Å². The van der Waals surface area contributed by atoms with Gasteiger partial charge in [0.2, 0.25) is 5.16 Å². The Balaban J connectivity index is 1.85. The summed E-state index contributed by atoms with van der Waals surface area (Å²) in [5.41, 5.74) is 0. The minimum Gasteiger partial charge on any atom is -0.380 e. The molecule has 2 rings (SSSR count). The normalized spacial score (nSPS) is 20.4. The molecule has 6 nitrogen and oxygen atoms in total. The molecule has 1 saturated heterocycles. The van der Waals surface area contributed by atoms with Crippen LogP contribution in [0.1, 0.15) is 13.3 Å². The summed E-state index contributed by atoms with van der Waals surface area (Å²) in [5.74, 6) is 0. The van der Waals surface area contributed by atoms with Crippen molar-refractivity contribution in [3.8, 4) is 0 Å². The zero-order chi connectivity index (χ0) is 11.2. The summed E-state index contributed by atoms with van der Waals surface area (Å²) in [6, 6.07) is 0. The number of nitrogens with one attached hydrogen (secondary N) is 1. The van der Waals surface area contributed by atoms with Crippen LogP contribution in [0.25, 0.3) is 0 Å². The van der Waals surface area contributed by atoms with E-state index in [1.165, 1.54) is 0 Å². The first kappa shape index (κ1) is 11.8. The molecule has 0 bridgehead atoms. The van der Waals surface area contributed by atoms with Crippen LogP contribution in [0, 0.1) is 0 Å². The fraction of sp³-hybridized carbons (Fsp3) is 0.889. The van der Waals surface area contributed by atoms with Gasteiger partial charge in [-0.05, 0) is 23.4 Å². The highest BCUT2D eigenvalue weighted by molar-refractivity contribution is 7.99. The van der Waals surface area contributed by atoms with Crippen LogP contribution in [0.4, 0.5) is 0 Å². The zero-order valence-corrected chi connectivity index (χ0v) is 10.2. The van der Waals surface area contributed by atoms with Crippen molar-refractivity contribution in [2.45, 2.75) is 30.3 Å². The SMILES string of the molecule is CCNCCn1nnnc1SC1CCOC1. The van der Waals surface area contributed by atoms with Crippen molar-refractivity contribution in [1.82, 2.24) is 25.5 Å². The van der Waals surface area contributed by atoms with Crippen molar-refractivity contribution >= 4 is 11.8 Å². The lowest BCUT2D eigenvalue weighted by Gasteiger charge is -2.07. The fourth-order valence-electron chi connectivity index (χ4n) is 1.54. The third-order valence-electron chi connectivity index (χ3n) is 2.41. The molecule has 0 saturated carbocycles. The first-order chi connectivity index (χ1) is 7.90. The van der Waals surface area contributed by atoms with E-state index in [4.69, 9.17) is 4.74 Å². The molecule has 1 aromatic heterocycles. The summed E-state index contributed by atoms with van der Waals surface area (Å²) in [7, 11) is 0. The van der Waals surface area contributed by atoms with E-state index in [-0.39, 0.29) is 0 Å². The van der Waals surface area contributed by atoms with Crippen molar-refractivity contribution in [3.05, 3.63) is 0 Å².